The summed E-state index contributed by atoms with van der Waals surface area (Å²) in [4.78, 5) is 14.6. The number of alkyl halides is 3. The predicted molar refractivity (Wildman–Crippen MR) is 41.0 cm³/mol. The van der Waals surface area contributed by atoms with E-state index in [1.807, 2.05) is 0 Å². The van der Waals surface area contributed by atoms with Crippen LogP contribution in [0.25, 0.3) is 0 Å². The molecule has 0 fully saturated rings. The van der Waals surface area contributed by atoms with Crippen LogP contribution in [0.3, 0.4) is 0 Å². The summed E-state index contributed by atoms with van der Waals surface area (Å²) in [6, 6.07) is 3.56. The molecular formula is C8H6F3NO2. The maximum Gasteiger partial charge on any atom is 0.416 e. The number of rotatable bonds is 1. The Hall–Kier alpha value is -1.56. The standard InChI is InChI=1S/C8H6F3NO2/c9-8(10,11)6-3-1-5(2-4-6)7(13)14-12/h1-4H,12H2. The third kappa shape index (κ3) is 2.23. The summed E-state index contributed by atoms with van der Waals surface area (Å²) in [7, 11) is 0. The van der Waals surface area contributed by atoms with Crippen LogP contribution in [0, 0.1) is 0 Å². The fourth-order valence-corrected chi connectivity index (χ4v) is 0.863. The van der Waals surface area contributed by atoms with Gasteiger partial charge in [0.1, 0.15) is 0 Å². The van der Waals surface area contributed by atoms with E-state index in [-0.39, 0.29) is 5.56 Å². The summed E-state index contributed by atoms with van der Waals surface area (Å²) >= 11 is 0. The van der Waals surface area contributed by atoms with Gasteiger partial charge in [0.25, 0.3) is 0 Å². The summed E-state index contributed by atoms with van der Waals surface area (Å²) in [5, 5.41) is 0. The van der Waals surface area contributed by atoms with Crippen molar-refractivity contribution in [2.45, 2.75) is 6.18 Å². The minimum Gasteiger partial charge on any atom is -0.370 e. The zero-order valence-corrected chi connectivity index (χ0v) is 6.84. The van der Waals surface area contributed by atoms with Crippen molar-refractivity contribution < 1.29 is 22.8 Å². The average Bonchev–Trinajstić information content (AvgIpc) is 2.15. The molecule has 76 valence electrons. The van der Waals surface area contributed by atoms with Crippen LogP contribution in [0.1, 0.15) is 15.9 Å². The van der Waals surface area contributed by atoms with E-state index in [4.69, 9.17) is 0 Å². The summed E-state index contributed by atoms with van der Waals surface area (Å²) in [5.74, 6) is 3.68. The Balaban J connectivity index is 2.95. The highest BCUT2D eigenvalue weighted by molar-refractivity contribution is 5.89. The summed E-state index contributed by atoms with van der Waals surface area (Å²) < 4.78 is 36.2. The predicted octanol–water partition coefficient (Wildman–Crippen LogP) is 1.74. The van der Waals surface area contributed by atoms with Gasteiger partial charge in [-0.2, -0.15) is 19.1 Å². The van der Waals surface area contributed by atoms with E-state index < -0.39 is 17.7 Å². The van der Waals surface area contributed by atoms with Gasteiger partial charge in [0, 0.05) is 0 Å². The van der Waals surface area contributed by atoms with Crippen LogP contribution in [-0.4, -0.2) is 5.97 Å². The molecule has 1 aromatic rings. The van der Waals surface area contributed by atoms with Gasteiger partial charge in [-0.3, -0.25) is 0 Å². The molecule has 0 atom stereocenters. The molecule has 3 nitrogen and oxygen atoms in total. The number of carbonyl (C=O) groups is 1. The van der Waals surface area contributed by atoms with Crippen LogP contribution in [0.5, 0.6) is 0 Å². The van der Waals surface area contributed by atoms with Crippen molar-refractivity contribution in [3.8, 4) is 0 Å². The minimum absolute atomic E-state index is 0.0273. The Kier molecular flexibility index (Phi) is 2.76. The lowest BCUT2D eigenvalue weighted by atomic mass is 10.1. The molecule has 0 heterocycles. The Labute approximate surface area is 77.2 Å². The van der Waals surface area contributed by atoms with E-state index in [0.29, 0.717) is 0 Å². The molecular weight excluding hydrogens is 199 g/mol. The highest BCUT2D eigenvalue weighted by atomic mass is 19.4. The molecule has 6 heteroatoms. The SMILES string of the molecule is NOC(=O)c1ccc(C(F)(F)F)cc1. The zero-order chi connectivity index (χ0) is 10.8. The Bertz CT molecular complexity index is 331. The second-order valence-corrected chi connectivity index (χ2v) is 2.48. The van der Waals surface area contributed by atoms with E-state index >= 15 is 0 Å². The molecule has 2 N–H and O–H groups in total. The van der Waals surface area contributed by atoms with Crippen molar-refractivity contribution in [2.75, 3.05) is 0 Å². The van der Waals surface area contributed by atoms with E-state index in [1.165, 1.54) is 0 Å². The zero-order valence-electron chi connectivity index (χ0n) is 6.84. The van der Waals surface area contributed by atoms with Crippen LogP contribution in [-0.2, 0) is 11.0 Å². The molecule has 0 aromatic heterocycles. The Morgan fingerprint density at radius 3 is 2.07 bits per heavy atom. The van der Waals surface area contributed by atoms with E-state index in [9.17, 15) is 18.0 Å². The molecule has 1 aromatic carbocycles. The molecule has 0 radical (unpaired) electrons. The molecule has 0 saturated heterocycles. The van der Waals surface area contributed by atoms with Crippen molar-refractivity contribution in [1.82, 2.24) is 0 Å². The summed E-state index contributed by atoms with van der Waals surface area (Å²) in [5.41, 5.74) is -0.855. The van der Waals surface area contributed by atoms with Crippen LogP contribution in [0.15, 0.2) is 24.3 Å². The number of benzene rings is 1. The average molecular weight is 205 g/mol. The highest BCUT2D eigenvalue weighted by Gasteiger charge is 2.30. The molecule has 0 amide bonds. The lowest BCUT2D eigenvalue weighted by molar-refractivity contribution is -0.137. The van der Waals surface area contributed by atoms with Crippen LogP contribution in [0.2, 0.25) is 0 Å². The monoisotopic (exact) mass is 205 g/mol. The van der Waals surface area contributed by atoms with E-state index in [2.05, 4.69) is 10.7 Å². The van der Waals surface area contributed by atoms with Gasteiger partial charge in [0.15, 0.2) is 0 Å². The van der Waals surface area contributed by atoms with Crippen molar-refractivity contribution in [3.63, 3.8) is 0 Å². The summed E-state index contributed by atoms with van der Waals surface area (Å²) in [6.07, 6.45) is -4.41. The number of hydrogen-bond donors (Lipinski definition) is 1. The fourth-order valence-electron chi connectivity index (χ4n) is 0.863. The van der Waals surface area contributed by atoms with Crippen LogP contribution in [0.4, 0.5) is 13.2 Å². The normalized spacial score (nSPS) is 11.1. The molecule has 0 saturated carbocycles. The second kappa shape index (κ2) is 3.67. The van der Waals surface area contributed by atoms with Crippen molar-refractivity contribution >= 4 is 5.97 Å². The number of hydrogen-bond acceptors (Lipinski definition) is 3. The number of carbonyl (C=O) groups excluding carboxylic acids is 1. The molecule has 14 heavy (non-hydrogen) atoms. The van der Waals surface area contributed by atoms with Gasteiger partial charge in [-0.05, 0) is 24.3 Å². The highest BCUT2D eigenvalue weighted by Crippen LogP contribution is 2.29. The van der Waals surface area contributed by atoms with Gasteiger partial charge in [0.2, 0.25) is 0 Å². The smallest absolute Gasteiger partial charge is 0.370 e. The van der Waals surface area contributed by atoms with E-state index in [0.717, 1.165) is 24.3 Å². The maximum absolute atomic E-state index is 12.1. The number of halogens is 3. The summed E-state index contributed by atoms with van der Waals surface area (Å²) in [6.45, 7) is 0. The molecule has 0 spiro atoms. The lowest BCUT2D eigenvalue weighted by Gasteiger charge is -2.06. The molecule has 1 rings (SSSR count). The minimum atomic E-state index is -4.41. The molecule has 0 bridgehead atoms. The van der Waals surface area contributed by atoms with Crippen molar-refractivity contribution in [1.29, 1.82) is 0 Å². The topological polar surface area (TPSA) is 52.3 Å². The van der Waals surface area contributed by atoms with Crippen LogP contribution >= 0.6 is 0 Å². The molecule has 0 aliphatic heterocycles. The third-order valence-electron chi connectivity index (χ3n) is 1.55. The second-order valence-electron chi connectivity index (χ2n) is 2.48. The van der Waals surface area contributed by atoms with Crippen molar-refractivity contribution in [2.24, 2.45) is 5.90 Å². The van der Waals surface area contributed by atoms with Crippen molar-refractivity contribution in [3.05, 3.63) is 35.4 Å². The Morgan fingerprint density at radius 1 is 1.21 bits per heavy atom. The van der Waals surface area contributed by atoms with Gasteiger partial charge in [-0.15, -0.1) is 0 Å². The van der Waals surface area contributed by atoms with Gasteiger partial charge < -0.3 is 4.84 Å². The molecule has 0 unspecified atom stereocenters. The fraction of sp³-hybridized carbons (Fsp3) is 0.125. The van der Waals surface area contributed by atoms with Gasteiger partial charge in [-0.25, -0.2) is 4.79 Å². The first-order valence-electron chi connectivity index (χ1n) is 3.53. The first kappa shape index (κ1) is 10.5. The quantitative estimate of drug-likeness (QED) is 0.710. The van der Waals surface area contributed by atoms with Gasteiger partial charge in [0.05, 0.1) is 11.1 Å². The third-order valence-corrected chi connectivity index (χ3v) is 1.55. The number of nitrogens with two attached hydrogens (primary N) is 1. The van der Waals surface area contributed by atoms with Gasteiger partial charge >= 0.3 is 12.1 Å². The first-order valence-corrected chi connectivity index (χ1v) is 3.53. The lowest BCUT2D eigenvalue weighted by Crippen LogP contribution is -2.11. The first-order chi connectivity index (χ1) is 6.45. The van der Waals surface area contributed by atoms with Crippen LogP contribution < -0.4 is 5.90 Å². The molecule has 0 aliphatic carbocycles. The largest absolute Gasteiger partial charge is 0.416 e. The Morgan fingerprint density at radius 2 is 1.71 bits per heavy atom. The molecule has 0 aliphatic rings. The van der Waals surface area contributed by atoms with E-state index in [1.54, 1.807) is 0 Å². The van der Waals surface area contributed by atoms with Gasteiger partial charge in [-0.1, -0.05) is 0 Å². The maximum atomic E-state index is 12.1.